The third kappa shape index (κ3) is 4.03. The van der Waals surface area contributed by atoms with Crippen LogP contribution in [0.1, 0.15) is 49.2 Å². The van der Waals surface area contributed by atoms with Crippen LogP contribution in [0.25, 0.3) is 0 Å². The van der Waals surface area contributed by atoms with Crippen molar-refractivity contribution in [2.24, 2.45) is 0 Å². The maximum absolute atomic E-state index is 5.64. The molecule has 1 heterocycles. The first-order chi connectivity index (χ1) is 9.90. The Morgan fingerprint density at radius 1 is 1.24 bits per heavy atom. The van der Waals surface area contributed by atoms with E-state index < -0.39 is 0 Å². The molecular formula is C16H28N2O2S. The van der Waals surface area contributed by atoms with E-state index in [1.807, 2.05) is 11.3 Å². The van der Waals surface area contributed by atoms with Crippen LogP contribution in [0.3, 0.4) is 0 Å². The van der Waals surface area contributed by atoms with Crippen LogP contribution in [-0.2, 0) is 27.9 Å². The van der Waals surface area contributed by atoms with E-state index in [-0.39, 0.29) is 11.1 Å². The van der Waals surface area contributed by atoms with E-state index in [0.717, 1.165) is 19.4 Å². The van der Waals surface area contributed by atoms with E-state index in [1.165, 1.54) is 28.4 Å². The molecule has 1 aromatic heterocycles. The van der Waals surface area contributed by atoms with Crippen molar-refractivity contribution >= 4 is 11.3 Å². The van der Waals surface area contributed by atoms with Gasteiger partial charge in [-0.3, -0.25) is 0 Å². The zero-order chi connectivity index (χ0) is 15.5. The molecule has 0 fully saturated rings. The Labute approximate surface area is 132 Å². The molecule has 1 atom stereocenters. The number of aryl methyl sites for hydroxylation is 2. The average molecular weight is 312 g/mol. The number of nitrogens with one attached hydrogen (secondary N) is 1. The van der Waals surface area contributed by atoms with Gasteiger partial charge in [-0.1, -0.05) is 0 Å². The van der Waals surface area contributed by atoms with Gasteiger partial charge in [0.15, 0.2) is 0 Å². The Morgan fingerprint density at radius 2 is 2.00 bits per heavy atom. The van der Waals surface area contributed by atoms with Crippen LogP contribution in [0.5, 0.6) is 0 Å². The highest BCUT2D eigenvalue weighted by Crippen LogP contribution is 2.37. The van der Waals surface area contributed by atoms with Crippen LogP contribution in [0, 0.1) is 0 Å². The van der Waals surface area contributed by atoms with E-state index in [0.29, 0.717) is 6.61 Å². The van der Waals surface area contributed by atoms with Gasteiger partial charge in [-0.25, -0.2) is 4.98 Å². The lowest BCUT2D eigenvalue weighted by Crippen LogP contribution is -2.46. The van der Waals surface area contributed by atoms with E-state index in [2.05, 4.69) is 26.1 Å². The van der Waals surface area contributed by atoms with Gasteiger partial charge in [-0.05, 0) is 40.0 Å². The number of hydrogen-bond acceptors (Lipinski definition) is 5. The van der Waals surface area contributed by atoms with Gasteiger partial charge in [0.2, 0.25) is 0 Å². The summed E-state index contributed by atoms with van der Waals surface area (Å²) in [5.74, 6) is 0. The van der Waals surface area contributed by atoms with Gasteiger partial charge >= 0.3 is 0 Å². The standard InChI is InChI=1S/C16H28N2O2S/c1-15(2,20-5)11-16(3,17-9-10-19-4)14-18-12-7-6-8-13(12)21-14/h17H,6-11H2,1-5H3. The third-order valence-corrected chi connectivity index (χ3v) is 5.64. The molecule has 2 rings (SSSR count). The molecule has 4 nitrogen and oxygen atoms in total. The fraction of sp³-hybridized carbons (Fsp3) is 0.812. The minimum atomic E-state index is -0.190. The number of nitrogens with zero attached hydrogens (tertiary/aromatic N) is 1. The Hall–Kier alpha value is -0.490. The highest BCUT2D eigenvalue weighted by molar-refractivity contribution is 7.12. The molecule has 0 bridgehead atoms. The van der Waals surface area contributed by atoms with Gasteiger partial charge in [-0.2, -0.15) is 0 Å². The van der Waals surface area contributed by atoms with Crippen molar-refractivity contribution in [3.05, 3.63) is 15.6 Å². The summed E-state index contributed by atoms with van der Waals surface area (Å²) in [4.78, 5) is 6.39. The summed E-state index contributed by atoms with van der Waals surface area (Å²) in [6.07, 6.45) is 4.46. The Morgan fingerprint density at radius 3 is 2.62 bits per heavy atom. The van der Waals surface area contributed by atoms with Crippen LogP contribution in [0.2, 0.25) is 0 Å². The summed E-state index contributed by atoms with van der Waals surface area (Å²) in [5.41, 5.74) is 0.947. The number of hydrogen-bond donors (Lipinski definition) is 1. The second-order valence-corrected chi connectivity index (χ2v) is 7.72. The molecule has 0 radical (unpaired) electrons. The second kappa shape index (κ2) is 6.73. The Bertz CT molecular complexity index is 451. The third-order valence-electron chi connectivity index (χ3n) is 4.22. The molecule has 21 heavy (non-hydrogen) atoms. The van der Waals surface area contributed by atoms with Gasteiger partial charge in [0, 0.05) is 32.1 Å². The highest BCUT2D eigenvalue weighted by Gasteiger charge is 2.37. The van der Waals surface area contributed by atoms with Crippen LogP contribution in [0.4, 0.5) is 0 Å². The van der Waals surface area contributed by atoms with Gasteiger partial charge < -0.3 is 14.8 Å². The predicted octanol–water partition coefficient (Wildman–Crippen LogP) is 2.90. The average Bonchev–Trinajstić information content (AvgIpc) is 2.99. The van der Waals surface area contributed by atoms with Crippen molar-refractivity contribution in [2.75, 3.05) is 27.4 Å². The van der Waals surface area contributed by atoms with Crippen molar-refractivity contribution in [1.82, 2.24) is 10.3 Å². The zero-order valence-corrected chi connectivity index (χ0v) is 14.7. The molecule has 0 aliphatic heterocycles. The molecular weight excluding hydrogens is 284 g/mol. The van der Waals surface area contributed by atoms with Crippen LogP contribution >= 0.6 is 11.3 Å². The van der Waals surface area contributed by atoms with E-state index in [9.17, 15) is 0 Å². The molecule has 0 saturated carbocycles. The summed E-state index contributed by atoms with van der Waals surface area (Å²) in [5, 5.41) is 4.82. The fourth-order valence-electron chi connectivity index (χ4n) is 2.99. The molecule has 1 aliphatic carbocycles. The van der Waals surface area contributed by atoms with Gasteiger partial charge in [-0.15, -0.1) is 11.3 Å². The lowest BCUT2D eigenvalue weighted by Gasteiger charge is -2.36. The van der Waals surface area contributed by atoms with Crippen LogP contribution in [-0.4, -0.2) is 38.0 Å². The quantitative estimate of drug-likeness (QED) is 0.750. The molecule has 1 aliphatic rings. The second-order valence-electron chi connectivity index (χ2n) is 6.63. The van der Waals surface area contributed by atoms with Crippen molar-refractivity contribution in [1.29, 1.82) is 0 Å². The minimum Gasteiger partial charge on any atom is -0.383 e. The van der Waals surface area contributed by atoms with E-state index in [4.69, 9.17) is 14.5 Å². The first-order valence-corrected chi connectivity index (χ1v) is 8.50. The molecule has 0 spiro atoms. The first-order valence-electron chi connectivity index (χ1n) is 7.68. The predicted molar refractivity (Wildman–Crippen MR) is 87.1 cm³/mol. The summed E-state index contributed by atoms with van der Waals surface area (Å²) >= 11 is 1.87. The Kier molecular flexibility index (Phi) is 5.41. The molecule has 0 saturated heterocycles. The smallest absolute Gasteiger partial charge is 0.113 e. The molecule has 0 aromatic carbocycles. The number of aromatic nitrogens is 1. The van der Waals surface area contributed by atoms with Gasteiger partial charge in [0.1, 0.15) is 5.01 Å². The number of ether oxygens (including phenoxy) is 2. The molecule has 0 amide bonds. The highest BCUT2D eigenvalue weighted by atomic mass is 32.1. The first kappa shape index (κ1) is 16.9. The number of thiazole rings is 1. The molecule has 1 aromatic rings. The molecule has 1 unspecified atom stereocenters. The summed E-state index contributed by atoms with van der Waals surface area (Å²) < 4.78 is 10.8. The van der Waals surface area contributed by atoms with Crippen LogP contribution in [0.15, 0.2) is 0 Å². The molecule has 5 heteroatoms. The largest absolute Gasteiger partial charge is 0.383 e. The lowest BCUT2D eigenvalue weighted by atomic mass is 9.88. The Balaban J connectivity index is 2.21. The van der Waals surface area contributed by atoms with Gasteiger partial charge in [0.25, 0.3) is 0 Å². The normalized spacial score (nSPS) is 17.8. The maximum Gasteiger partial charge on any atom is 0.113 e. The SMILES string of the molecule is COCCNC(C)(CC(C)(C)OC)c1nc2c(s1)CCC2. The van der Waals surface area contributed by atoms with Crippen LogP contribution < -0.4 is 5.32 Å². The number of methoxy groups -OCH3 is 2. The van der Waals surface area contributed by atoms with E-state index >= 15 is 0 Å². The number of fused-ring (bicyclic) bond motifs is 1. The summed E-state index contributed by atoms with van der Waals surface area (Å²) in [6, 6.07) is 0. The van der Waals surface area contributed by atoms with Crippen molar-refractivity contribution in [3.8, 4) is 0 Å². The number of rotatable bonds is 8. The minimum absolute atomic E-state index is 0.174. The molecule has 1 N–H and O–H groups in total. The lowest BCUT2D eigenvalue weighted by molar-refractivity contribution is -0.00815. The fourth-order valence-corrected chi connectivity index (χ4v) is 4.26. The van der Waals surface area contributed by atoms with Crippen molar-refractivity contribution in [3.63, 3.8) is 0 Å². The summed E-state index contributed by atoms with van der Waals surface area (Å²) in [6.45, 7) is 8.01. The maximum atomic E-state index is 5.64. The zero-order valence-electron chi connectivity index (χ0n) is 13.9. The van der Waals surface area contributed by atoms with Crippen molar-refractivity contribution < 1.29 is 9.47 Å². The topological polar surface area (TPSA) is 43.4 Å². The summed E-state index contributed by atoms with van der Waals surface area (Å²) in [7, 11) is 3.51. The molecule has 120 valence electrons. The van der Waals surface area contributed by atoms with Crippen molar-refractivity contribution in [2.45, 2.75) is 57.6 Å². The van der Waals surface area contributed by atoms with E-state index in [1.54, 1.807) is 14.2 Å². The van der Waals surface area contributed by atoms with Gasteiger partial charge in [0.05, 0.1) is 23.4 Å². The monoisotopic (exact) mass is 312 g/mol.